The highest BCUT2D eigenvalue weighted by molar-refractivity contribution is 6.66. The van der Waals surface area contributed by atoms with E-state index in [0.717, 1.165) is 43.8 Å². The Bertz CT molecular complexity index is 2620. The first-order valence-electron chi connectivity index (χ1n) is 17.6. The summed E-state index contributed by atoms with van der Waals surface area (Å²) in [7, 11) is 5.85. The third kappa shape index (κ3) is 4.75. The van der Waals surface area contributed by atoms with Gasteiger partial charge in [0.2, 0.25) is 0 Å². The summed E-state index contributed by atoms with van der Waals surface area (Å²) in [5.41, 5.74) is 4.86. The molecule has 10 rings (SSSR count). The Labute approximate surface area is 306 Å². The van der Waals surface area contributed by atoms with Crippen molar-refractivity contribution in [2.45, 2.75) is 6.10 Å². The van der Waals surface area contributed by atoms with Crippen molar-refractivity contribution in [3.8, 4) is 0 Å². The van der Waals surface area contributed by atoms with Gasteiger partial charge in [0, 0.05) is 64.0 Å². The summed E-state index contributed by atoms with van der Waals surface area (Å²) in [6, 6.07) is 32.7. The molecule has 0 radical (unpaired) electrons. The zero-order valence-electron chi connectivity index (χ0n) is 30.0. The van der Waals surface area contributed by atoms with E-state index in [-0.39, 0.29) is 6.10 Å². The third-order valence-corrected chi connectivity index (χ3v) is 13.2. The molecule has 262 valence electrons. The Morgan fingerprint density at radius 2 is 0.887 bits per heavy atom. The van der Waals surface area contributed by atoms with E-state index < -0.39 is 8.88 Å². The standard InChI is InChI=1S/C40H36N10O2Si/c1-47(2)22-24(23-48(3)4)52-53(51-5)49-37-29-18-10-11-19-30(29)39(49)45-35-27-16-8-9-17-28(27)36(42-35)46-40-32-21-13-12-20-31(32)38(50(40)53)44-34-26-15-7-6-14-25(26)33(41-34)43-37/h6-21,24H,22-23H2,1-5H3. The first kappa shape index (κ1) is 32.0. The molecule has 2 aromatic heterocycles. The molecular formula is C40H36N10O2Si. The molecule has 0 spiro atoms. The largest absolute Gasteiger partial charge is 0.603 e. The van der Waals surface area contributed by atoms with Gasteiger partial charge in [-0.15, -0.1) is 0 Å². The molecule has 0 aliphatic carbocycles. The maximum atomic E-state index is 7.70. The number of benzene rings is 4. The Hall–Kier alpha value is -5.70. The Morgan fingerprint density at radius 3 is 1.28 bits per heavy atom. The van der Waals surface area contributed by atoms with Gasteiger partial charge in [-0.2, -0.15) is 0 Å². The maximum Gasteiger partial charge on any atom is 0.603 e. The molecular weight excluding hydrogens is 681 g/mol. The highest BCUT2D eigenvalue weighted by Gasteiger charge is 2.53. The molecule has 0 saturated carbocycles. The lowest BCUT2D eigenvalue weighted by Gasteiger charge is -2.36. The quantitative estimate of drug-likeness (QED) is 0.227. The molecule has 6 heterocycles. The second-order valence-corrected chi connectivity index (χ2v) is 16.8. The van der Waals surface area contributed by atoms with Gasteiger partial charge in [-0.1, -0.05) is 97.1 Å². The number of hydrogen-bond donors (Lipinski definition) is 0. The van der Waals surface area contributed by atoms with Gasteiger partial charge in [0.05, 0.1) is 6.10 Å². The predicted octanol–water partition coefficient (Wildman–Crippen LogP) is 4.53. The number of hydrogen-bond acceptors (Lipinski definition) is 10. The molecule has 6 aromatic rings. The van der Waals surface area contributed by atoms with E-state index in [4.69, 9.17) is 38.8 Å². The van der Waals surface area contributed by atoms with E-state index in [9.17, 15) is 0 Å². The molecule has 4 aliphatic rings. The van der Waals surface area contributed by atoms with Crippen LogP contribution in [0.1, 0.15) is 22.3 Å². The van der Waals surface area contributed by atoms with Crippen LogP contribution in [0.2, 0.25) is 0 Å². The molecule has 1 unspecified atom stereocenters. The molecule has 0 N–H and O–H groups in total. The van der Waals surface area contributed by atoms with Crippen molar-refractivity contribution in [1.29, 1.82) is 0 Å². The van der Waals surface area contributed by atoms with E-state index in [0.29, 0.717) is 59.0 Å². The molecule has 1 atom stereocenters. The monoisotopic (exact) mass is 716 g/mol. The predicted molar refractivity (Wildman–Crippen MR) is 210 cm³/mol. The summed E-state index contributed by atoms with van der Waals surface area (Å²) in [5.74, 6) is 3.51. The fraction of sp³-hybridized carbons (Fsp3) is 0.200. The van der Waals surface area contributed by atoms with Crippen LogP contribution in [0.25, 0.3) is 21.5 Å². The van der Waals surface area contributed by atoms with Gasteiger partial charge in [-0.3, -0.25) is 8.47 Å². The van der Waals surface area contributed by atoms with Crippen molar-refractivity contribution in [3.05, 3.63) is 130 Å². The summed E-state index contributed by atoms with van der Waals surface area (Å²) < 4.78 is 19.0. The number of rotatable bonds is 7. The van der Waals surface area contributed by atoms with E-state index >= 15 is 0 Å². The van der Waals surface area contributed by atoms with Crippen LogP contribution < -0.4 is 11.0 Å². The van der Waals surface area contributed by atoms with Gasteiger partial charge in [-0.25, -0.2) is 30.0 Å². The first-order valence-corrected chi connectivity index (χ1v) is 19.3. The fourth-order valence-corrected chi connectivity index (χ4v) is 11.1. The molecule has 0 amide bonds. The summed E-state index contributed by atoms with van der Waals surface area (Å²) in [5, 5.41) is 3.55. The minimum Gasteiger partial charge on any atom is -0.364 e. The van der Waals surface area contributed by atoms with Crippen molar-refractivity contribution in [2.75, 3.05) is 48.4 Å². The van der Waals surface area contributed by atoms with Gasteiger partial charge >= 0.3 is 8.88 Å². The lowest BCUT2D eigenvalue weighted by molar-refractivity contribution is 0.0727. The van der Waals surface area contributed by atoms with E-state index in [1.54, 1.807) is 7.11 Å². The molecule has 13 heteroatoms. The number of amidine groups is 4. The molecule has 6 bridgehead atoms. The average molecular weight is 717 g/mol. The van der Waals surface area contributed by atoms with Crippen molar-refractivity contribution in [1.82, 2.24) is 18.3 Å². The fourth-order valence-electron chi connectivity index (χ4n) is 7.93. The first-order chi connectivity index (χ1) is 25.8. The minimum absolute atomic E-state index is 0.312. The van der Waals surface area contributed by atoms with Crippen LogP contribution in [0.15, 0.2) is 127 Å². The lowest BCUT2D eigenvalue weighted by Crippen LogP contribution is -2.65. The van der Waals surface area contributed by atoms with Crippen LogP contribution in [0.4, 0.5) is 11.6 Å². The molecule has 53 heavy (non-hydrogen) atoms. The van der Waals surface area contributed by atoms with Crippen LogP contribution >= 0.6 is 0 Å². The number of aromatic nitrogens is 2. The third-order valence-electron chi connectivity index (χ3n) is 10.0. The van der Waals surface area contributed by atoms with Crippen LogP contribution in [0, 0.1) is 0 Å². The Morgan fingerprint density at radius 1 is 0.509 bits per heavy atom. The number of likely N-dealkylation sites (N-methyl/N-ethyl adjacent to an activating group) is 2. The van der Waals surface area contributed by atoms with Crippen LogP contribution in [-0.2, 0) is 8.85 Å². The number of aliphatic imine (C=N–C) groups is 4. The van der Waals surface area contributed by atoms with E-state index in [1.165, 1.54) is 0 Å². The van der Waals surface area contributed by atoms with Crippen LogP contribution in [0.3, 0.4) is 0 Å². The van der Waals surface area contributed by atoms with Gasteiger partial charge in [0.1, 0.15) is 22.6 Å². The van der Waals surface area contributed by atoms with Crippen LogP contribution in [0.5, 0.6) is 0 Å². The SMILES string of the molecule is CO[Si]1(OC(CN(C)C)CN(C)C)n2c3c4ccccc4c2N=C2N=C(N=c4c5ccccc5c(n41)=NC1=NC(=N3)c3ccccc31)c1ccccc12. The van der Waals surface area contributed by atoms with Gasteiger partial charge in [-0.05, 0) is 28.2 Å². The van der Waals surface area contributed by atoms with E-state index in [2.05, 4.69) is 70.7 Å². The molecule has 4 aromatic carbocycles. The number of fused-ring (bicyclic) bond motifs is 14. The normalized spacial score (nSPS) is 18.0. The van der Waals surface area contributed by atoms with Crippen molar-refractivity contribution < 1.29 is 8.85 Å². The van der Waals surface area contributed by atoms with Crippen molar-refractivity contribution >= 4 is 65.4 Å². The summed E-state index contributed by atoms with van der Waals surface area (Å²) in [6.45, 7) is 1.25. The van der Waals surface area contributed by atoms with Crippen molar-refractivity contribution in [2.24, 2.45) is 30.0 Å². The van der Waals surface area contributed by atoms with E-state index in [1.807, 2.05) is 72.8 Å². The minimum atomic E-state index is -4.11. The second-order valence-electron chi connectivity index (χ2n) is 14.1. The Kier molecular flexibility index (Phi) is 7.19. The van der Waals surface area contributed by atoms with Gasteiger partial charge < -0.3 is 18.7 Å². The molecule has 0 fully saturated rings. The van der Waals surface area contributed by atoms with Crippen LogP contribution in [-0.4, -0.2) is 105 Å². The highest BCUT2D eigenvalue weighted by Crippen LogP contribution is 2.43. The summed E-state index contributed by atoms with van der Waals surface area (Å²) >= 11 is 0. The smallest absolute Gasteiger partial charge is 0.364 e. The molecule has 12 nitrogen and oxygen atoms in total. The summed E-state index contributed by atoms with van der Waals surface area (Å²) in [6.07, 6.45) is -0.312. The Balaban J connectivity index is 1.48. The topological polar surface area (TPSA) is 109 Å². The zero-order valence-corrected chi connectivity index (χ0v) is 31.0. The average Bonchev–Trinajstić information content (AvgIpc) is 3.87. The van der Waals surface area contributed by atoms with Gasteiger partial charge in [0.15, 0.2) is 23.3 Å². The maximum absolute atomic E-state index is 7.70. The second kappa shape index (κ2) is 11.9. The van der Waals surface area contributed by atoms with Crippen molar-refractivity contribution in [3.63, 3.8) is 0 Å². The highest BCUT2D eigenvalue weighted by atomic mass is 28.4. The molecule has 4 aliphatic heterocycles. The molecule has 0 saturated heterocycles. The number of nitrogens with zero attached hydrogens (tertiary/aromatic N) is 10. The lowest BCUT2D eigenvalue weighted by atomic mass is 10.1. The van der Waals surface area contributed by atoms with Gasteiger partial charge in [0.25, 0.3) is 0 Å². The zero-order chi connectivity index (χ0) is 36.0. The summed E-state index contributed by atoms with van der Waals surface area (Å²) in [4.78, 5) is 36.3.